The molecule has 0 aromatic heterocycles. The number of carboxylic acid groups (broad SMARTS) is 1. The molecule has 0 aliphatic carbocycles. The van der Waals surface area contributed by atoms with E-state index in [0.717, 1.165) is 11.1 Å². The molecule has 0 atom stereocenters. The van der Waals surface area contributed by atoms with Crippen LogP contribution in [0.25, 0.3) is 0 Å². The molecule has 4 heteroatoms. The number of carbonyl (C=O) groups is 1. The maximum Gasteiger partial charge on any atom is 0.303 e. The molecular weight excluding hydrogens is 208 g/mol. The maximum atomic E-state index is 10.4. The minimum atomic E-state index is -0.810. The number of aromatic hydroxyl groups is 1. The third kappa shape index (κ3) is 2.89. The molecule has 0 radical (unpaired) electrons. The van der Waals surface area contributed by atoms with Gasteiger partial charge in [-0.15, -0.1) is 0 Å². The van der Waals surface area contributed by atoms with Crippen molar-refractivity contribution in [2.75, 3.05) is 7.11 Å². The normalized spacial score (nSPS) is 10.1. The van der Waals surface area contributed by atoms with Crippen LogP contribution in [0.5, 0.6) is 11.5 Å². The van der Waals surface area contributed by atoms with E-state index < -0.39 is 5.97 Å². The van der Waals surface area contributed by atoms with Crippen molar-refractivity contribution in [3.8, 4) is 11.5 Å². The van der Waals surface area contributed by atoms with Crippen LogP contribution < -0.4 is 4.74 Å². The first-order valence-corrected chi connectivity index (χ1v) is 5.13. The Balaban J connectivity index is 2.79. The third-order valence-electron chi connectivity index (χ3n) is 2.46. The fourth-order valence-corrected chi connectivity index (χ4v) is 1.57. The Morgan fingerprint density at radius 2 is 2.12 bits per heavy atom. The standard InChI is InChI=1S/C12H16O4/c1-8-6-7-9(4-3-5-10(13)14)12(16-2)11(8)15/h6-7,15H,3-5H2,1-2H3,(H,13,14). The lowest BCUT2D eigenvalue weighted by molar-refractivity contribution is -0.137. The molecule has 0 amide bonds. The van der Waals surface area contributed by atoms with E-state index in [4.69, 9.17) is 9.84 Å². The number of phenols is 1. The average Bonchev–Trinajstić information content (AvgIpc) is 2.23. The van der Waals surface area contributed by atoms with Crippen molar-refractivity contribution in [2.24, 2.45) is 0 Å². The summed E-state index contributed by atoms with van der Waals surface area (Å²) in [6.07, 6.45) is 1.25. The van der Waals surface area contributed by atoms with Gasteiger partial charge in [0.2, 0.25) is 0 Å². The fraction of sp³-hybridized carbons (Fsp3) is 0.417. The van der Waals surface area contributed by atoms with Gasteiger partial charge in [0.15, 0.2) is 11.5 Å². The van der Waals surface area contributed by atoms with Crippen LogP contribution in [0.2, 0.25) is 0 Å². The zero-order chi connectivity index (χ0) is 12.1. The van der Waals surface area contributed by atoms with Crippen LogP contribution in [-0.2, 0) is 11.2 Å². The number of benzene rings is 1. The molecule has 0 unspecified atom stereocenters. The SMILES string of the molecule is COc1c(CCCC(=O)O)ccc(C)c1O. The van der Waals surface area contributed by atoms with Gasteiger partial charge in [-0.1, -0.05) is 12.1 Å². The van der Waals surface area contributed by atoms with Crippen molar-refractivity contribution in [2.45, 2.75) is 26.2 Å². The summed E-state index contributed by atoms with van der Waals surface area (Å²) in [5, 5.41) is 18.3. The summed E-state index contributed by atoms with van der Waals surface area (Å²) in [5.74, 6) is -0.226. The van der Waals surface area contributed by atoms with E-state index in [2.05, 4.69) is 0 Å². The van der Waals surface area contributed by atoms with Crippen molar-refractivity contribution >= 4 is 5.97 Å². The van der Waals surface area contributed by atoms with Crippen molar-refractivity contribution in [1.29, 1.82) is 0 Å². The predicted molar refractivity (Wildman–Crippen MR) is 60.0 cm³/mol. The van der Waals surface area contributed by atoms with Gasteiger partial charge in [-0.05, 0) is 30.9 Å². The van der Waals surface area contributed by atoms with Crippen molar-refractivity contribution in [1.82, 2.24) is 0 Å². The zero-order valence-corrected chi connectivity index (χ0v) is 9.49. The maximum absolute atomic E-state index is 10.4. The minimum absolute atomic E-state index is 0.123. The summed E-state index contributed by atoms with van der Waals surface area (Å²) in [5.41, 5.74) is 1.59. The van der Waals surface area contributed by atoms with E-state index in [0.29, 0.717) is 18.6 Å². The largest absolute Gasteiger partial charge is 0.504 e. The molecule has 1 aromatic rings. The van der Waals surface area contributed by atoms with Gasteiger partial charge in [0.05, 0.1) is 7.11 Å². The second-order valence-corrected chi connectivity index (χ2v) is 3.67. The summed E-state index contributed by atoms with van der Waals surface area (Å²) in [4.78, 5) is 10.4. The summed E-state index contributed by atoms with van der Waals surface area (Å²) < 4.78 is 5.12. The molecule has 16 heavy (non-hydrogen) atoms. The number of phenolic OH excluding ortho intramolecular Hbond substituents is 1. The lowest BCUT2D eigenvalue weighted by Crippen LogP contribution is -1.98. The lowest BCUT2D eigenvalue weighted by atomic mass is 10.0. The van der Waals surface area contributed by atoms with E-state index in [-0.39, 0.29) is 12.2 Å². The summed E-state index contributed by atoms with van der Waals surface area (Å²) >= 11 is 0. The molecule has 0 bridgehead atoms. The predicted octanol–water partition coefficient (Wildman–Crippen LogP) is 2.12. The molecule has 0 fully saturated rings. The monoisotopic (exact) mass is 224 g/mol. The van der Waals surface area contributed by atoms with Crippen molar-refractivity contribution in [3.63, 3.8) is 0 Å². The Morgan fingerprint density at radius 1 is 1.44 bits per heavy atom. The molecule has 0 aliphatic heterocycles. The number of ether oxygens (including phenoxy) is 1. The smallest absolute Gasteiger partial charge is 0.303 e. The van der Waals surface area contributed by atoms with Gasteiger partial charge in [0, 0.05) is 6.42 Å². The summed E-state index contributed by atoms with van der Waals surface area (Å²) in [7, 11) is 1.50. The summed E-state index contributed by atoms with van der Waals surface area (Å²) in [6, 6.07) is 3.66. The first kappa shape index (κ1) is 12.4. The average molecular weight is 224 g/mol. The molecular formula is C12H16O4. The van der Waals surface area contributed by atoms with Crippen molar-refractivity contribution in [3.05, 3.63) is 23.3 Å². The molecule has 0 aliphatic rings. The highest BCUT2D eigenvalue weighted by Crippen LogP contribution is 2.33. The van der Waals surface area contributed by atoms with Gasteiger partial charge in [-0.3, -0.25) is 4.79 Å². The van der Waals surface area contributed by atoms with Crippen LogP contribution in [0.4, 0.5) is 0 Å². The number of rotatable bonds is 5. The topological polar surface area (TPSA) is 66.8 Å². The van der Waals surface area contributed by atoms with E-state index in [9.17, 15) is 9.90 Å². The second-order valence-electron chi connectivity index (χ2n) is 3.67. The Morgan fingerprint density at radius 3 is 2.69 bits per heavy atom. The van der Waals surface area contributed by atoms with Crippen LogP contribution in [0.3, 0.4) is 0 Å². The minimum Gasteiger partial charge on any atom is -0.504 e. The first-order valence-electron chi connectivity index (χ1n) is 5.13. The molecule has 0 spiro atoms. The number of aliphatic carboxylic acids is 1. The second kappa shape index (κ2) is 5.39. The van der Waals surface area contributed by atoms with E-state index in [1.807, 2.05) is 6.07 Å². The third-order valence-corrected chi connectivity index (χ3v) is 2.46. The molecule has 4 nitrogen and oxygen atoms in total. The zero-order valence-electron chi connectivity index (χ0n) is 9.49. The van der Waals surface area contributed by atoms with E-state index in [1.54, 1.807) is 13.0 Å². The molecule has 0 saturated carbocycles. The number of hydrogen-bond acceptors (Lipinski definition) is 3. The quantitative estimate of drug-likeness (QED) is 0.803. The fourth-order valence-electron chi connectivity index (χ4n) is 1.57. The molecule has 1 aromatic carbocycles. The van der Waals surface area contributed by atoms with Gasteiger partial charge in [-0.25, -0.2) is 0 Å². The number of hydrogen-bond donors (Lipinski definition) is 2. The van der Waals surface area contributed by atoms with Gasteiger partial charge in [-0.2, -0.15) is 0 Å². The van der Waals surface area contributed by atoms with E-state index in [1.165, 1.54) is 7.11 Å². The Bertz CT molecular complexity index is 385. The van der Waals surface area contributed by atoms with Crippen molar-refractivity contribution < 1.29 is 19.7 Å². The molecule has 0 heterocycles. The Labute approximate surface area is 94.5 Å². The highest BCUT2D eigenvalue weighted by Gasteiger charge is 2.11. The van der Waals surface area contributed by atoms with Crippen LogP contribution in [0.15, 0.2) is 12.1 Å². The lowest BCUT2D eigenvalue weighted by Gasteiger charge is -2.11. The van der Waals surface area contributed by atoms with Crippen LogP contribution in [-0.4, -0.2) is 23.3 Å². The number of methoxy groups -OCH3 is 1. The summed E-state index contributed by atoms with van der Waals surface area (Å²) in [6.45, 7) is 1.79. The number of aryl methyl sites for hydroxylation is 2. The Hall–Kier alpha value is -1.71. The molecule has 1 rings (SSSR count). The van der Waals surface area contributed by atoms with Gasteiger partial charge in [0.25, 0.3) is 0 Å². The van der Waals surface area contributed by atoms with Gasteiger partial charge < -0.3 is 14.9 Å². The van der Waals surface area contributed by atoms with Gasteiger partial charge in [0.1, 0.15) is 0 Å². The highest BCUT2D eigenvalue weighted by atomic mass is 16.5. The molecule has 2 N–H and O–H groups in total. The van der Waals surface area contributed by atoms with Gasteiger partial charge >= 0.3 is 5.97 Å². The first-order chi connectivity index (χ1) is 7.56. The molecule has 0 saturated heterocycles. The Kier molecular flexibility index (Phi) is 4.17. The van der Waals surface area contributed by atoms with Crippen LogP contribution in [0, 0.1) is 6.92 Å². The highest BCUT2D eigenvalue weighted by molar-refractivity contribution is 5.66. The van der Waals surface area contributed by atoms with E-state index >= 15 is 0 Å². The molecule has 88 valence electrons. The van der Waals surface area contributed by atoms with Crippen LogP contribution >= 0.6 is 0 Å². The van der Waals surface area contributed by atoms with Crippen LogP contribution in [0.1, 0.15) is 24.0 Å². The number of carboxylic acids is 1.